The standard InChI is InChI=1S/C23H50O6P2/c1-5-8-11-14-17-20-27-30(24,26-4)23-31(25,28-21-18-15-12-9-6-2)29-22-19-16-13-10-7-3/h5-23H2,1-4H3. The molecule has 0 saturated carbocycles. The highest BCUT2D eigenvalue weighted by atomic mass is 31.2. The zero-order chi connectivity index (χ0) is 23.3. The summed E-state index contributed by atoms with van der Waals surface area (Å²) in [6.45, 7) is 7.54. The molecule has 0 bridgehead atoms. The fourth-order valence-corrected chi connectivity index (χ4v) is 7.75. The maximum atomic E-state index is 13.4. The second-order valence-electron chi connectivity index (χ2n) is 8.29. The van der Waals surface area contributed by atoms with Crippen molar-refractivity contribution in [2.24, 2.45) is 0 Å². The van der Waals surface area contributed by atoms with Crippen LogP contribution in [-0.4, -0.2) is 32.8 Å². The molecule has 1 unspecified atom stereocenters. The lowest BCUT2D eigenvalue weighted by Crippen LogP contribution is -2.07. The highest BCUT2D eigenvalue weighted by Crippen LogP contribution is 2.63. The quantitative estimate of drug-likeness (QED) is 0.101. The van der Waals surface area contributed by atoms with E-state index in [9.17, 15) is 9.13 Å². The lowest BCUT2D eigenvalue weighted by atomic mass is 10.2. The molecule has 0 aliphatic carbocycles. The van der Waals surface area contributed by atoms with E-state index in [0.29, 0.717) is 19.8 Å². The van der Waals surface area contributed by atoms with Crippen LogP contribution in [0.15, 0.2) is 0 Å². The van der Waals surface area contributed by atoms with Gasteiger partial charge in [-0.25, -0.2) is 0 Å². The molecule has 0 aromatic carbocycles. The van der Waals surface area contributed by atoms with Crippen molar-refractivity contribution in [2.75, 3.05) is 32.8 Å². The average Bonchev–Trinajstić information content (AvgIpc) is 2.75. The van der Waals surface area contributed by atoms with Crippen molar-refractivity contribution in [3.63, 3.8) is 0 Å². The summed E-state index contributed by atoms with van der Waals surface area (Å²) in [7, 11) is -5.73. The monoisotopic (exact) mass is 484 g/mol. The highest BCUT2D eigenvalue weighted by molar-refractivity contribution is 7.71. The van der Waals surface area contributed by atoms with Crippen LogP contribution in [0, 0.1) is 0 Å². The Balaban J connectivity index is 4.65. The predicted molar refractivity (Wildman–Crippen MR) is 131 cm³/mol. The van der Waals surface area contributed by atoms with E-state index in [1.54, 1.807) is 0 Å². The Bertz CT molecular complexity index is 467. The Morgan fingerprint density at radius 1 is 0.484 bits per heavy atom. The molecule has 0 heterocycles. The Morgan fingerprint density at radius 2 is 0.806 bits per heavy atom. The van der Waals surface area contributed by atoms with E-state index in [1.165, 1.54) is 45.6 Å². The minimum Gasteiger partial charge on any atom is -0.311 e. The third kappa shape index (κ3) is 18.4. The van der Waals surface area contributed by atoms with E-state index in [2.05, 4.69) is 20.8 Å². The summed E-state index contributed by atoms with van der Waals surface area (Å²) in [4.78, 5) is 0. The summed E-state index contributed by atoms with van der Waals surface area (Å²) >= 11 is 0. The molecule has 0 fully saturated rings. The van der Waals surface area contributed by atoms with Crippen LogP contribution in [0.3, 0.4) is 0 Å². The summed E-state index contributed by atoms with van der Waals surface area (Å²) in [6.07, 6.45) is 16.0. The van der Waals surface area contributed by atoms with Gasteiger partial charge in [-0.2, -0.15) is 0 Å². The van der Waals surface area contributed by atoms with E-state index in [4.69, 9.17) is 18.1 Å². The van der Waals surface area contributed by atoms with Gasteiger partial charge in [0.2, 0.25) is 0 Å². The van der Waals surface area contributed by atoms with Crippen LogP contribution >= 0.6 is 15.2 Å². The number of unbranched alkanes of at least 4 members (excludes halogenated alkanes) is 12. The van der Waals surface area contributed by atoms with Crippen molar-refractivity contribution in [1.82, 2.24) is 0 Å². The zero-order valence-corrected chi connectivity index (χ0v) is 22.6. The molecule has 0 aliphatic rings. The van der Waals surface area contributed by atoms with Crippen LogP contribution < -0.4 is 0 Å². The van der Waals surface area contributed by atoms with E-state index < -0.39 is 15.2 Å². The van der Waals surface area contributed by atoms with E-state index in [0.717, 1.165) is 57.8 Å². The number of hydrogen-bond acceptors (Lipinski definition) is 6. The Kier molecular flexibility index (Phi) is 21.1. The normalized spacial score (nSPS) is 14.1. The van der Waals surface area contributed by atoms with Crippen molar-refractivity contribution in [2.45, 2.75) is 117 Å². The topological polar surface area (TPSA) is 71.1 Å². The molecule has 0 aromatic rings. The van der Waals surface area contributed by atoms with Crippen molar-refractivity contribution in [3.8, 4) is 0 Å². The fraction of sp³-hybridized carbons (Fsp3) is 1.00. The van der Waals surface area contributed by atoms with Crippen molar-refractivity contribution >= 4 is 15.2 Å². The molecule has 0 N–H and O–H groups in total. The first-order valence-corrected chi connectivity index (χ1v) is 16.1. The van der Waals surface area contributed by atoms with Gasteiger partial charge < -0.3 is 18.1 Å². The maximum absolute atomic E-state index is 13.4. The average molecular weight is 485 g/mol. The Hall–Kier alpha value is 0.300. The third-order valence-electron chi connectivity index (χ3n) is 5.23. The van der Waals surface area contributed by atoms with E-state index in [-0.39, 0.29) is 5.90 Å². The minimum absolute atomic E-state index is 0.310. The molecular formula is C23H50O6P2. The fourth-order valence-electron chi connectivity index (χ4n) is 3.21. The van der Waals surface area contributed by atoms with Gasteiger partial charge in [-0.3, -0.25) is 9.13 Å². The van der Waals surface area contributed by atoms with E-state index >= 15 is 0 Å². The summed E-state index contributed by atoms with van der Waals surface area (Å²) < 4.78 is 48.6. The van der Waals surface area contributed by atoms with Crippen molar-refractivity contribution in [1.29, 1.82) is 0 Å². The van der Waals surface area contributed by atoms with E-state index in [1.807, 2.05) is 0 Å². The summed E-state index contributed by atoms with van der Waals surface area (Å²) in [5.74, 6) is -0.310. The van der Waals surface area contributed by atoms with Crippen LogP contribution in [0.25, 0.3) is 0 Å². The molecule has 0 amide bonds. The first-order chi connectivity index (χ1) is 14.9. The van der Waals surface area contributed by atoms with Gasteiger partial charge >= 0.3 is 15.2 Å². The predicted octanol–water partition coefficient (Wildman–Crippen LogP) is 8.94. The first kappa shape index (κ1) is 31.3. The summed E-state index contributed by atoms with van der Waals surface area (Å²) in [5, 5.41) is 0. The lowest BCUT2D eigenvalue weighted by molar-refractivity contribution is 0.194. The van der Waals surface area contributed by atoms with Crippen LogP contribution in [0.5, 0.6) is 0 Å². The van der Waals surface area contributed by atoms with Crippen LogP contribution in [-0.2, 0) is 27.2 Å². The maximum Gasteiger partial charge on any atom is 0.342 e. The highest BCUT2D eigenvalue weighted by Gasteiger charge is 2.38. The molecule has 1 atom stereocenters. The molecule has 0 rings (SSSR count). The Morgan fingerprint density at radius 3 is 1.13 bits per heavy atom. The second-order valence-corrected chi connectivity index (χ2v) is 13.0. The van der Waals surface area contributed by atoms with Gasteiger partial charge in [-0.1, -0.05) is 97.8 Å². The molecule has 0 spiro atoms. The summed E-state index contributed by atoms with van der Waals surface area (Å²) in [5.41, 5.74) is 0. The van der Waals surface area contributed by atoms with Crippen LogP contribution in [0.2, 0.25) is 0 Å². The van der Waals surface area contributed by atoms with Gasteiger partial charge in [0.15, 0.2) is 5.90 Å². The number of rotatable bonds is 24. The molecule has 0 radical (unpaired) electrons. The SMILES string of the molecule is CCCCCCCOP(=O)(CP(=O)(OCCCCCCC)OCCCCCCC)OC. The molecule has 8 heteroatoms. The molecule has 188 valence electrons. The molecule has 0 saturated heterocycles. The largest absolute Gasteiger partial charge is 0.342 e. The van der Waals surface area contributed by atoms with Crippen molar-refractivity contribution in [3.05, 3.63) is 0 Å². The lowest BCUT2D eigenvalue weighted by Gasteiger charge is -2.23. The van der Waals surface area contributed by atoms with Crippen LogP contribution in [0.4, 0.5) is 0 Å². The van der Waals surface area contributed by atoms with Gasteiger partial charge in [0.25, 0.3) is 0 Å². The first-order valence-electron chi connectivity index (χ1n) is 12.6. The minimum atomic E-state index is -3.55. The third-order valence-corrected chi connectivity index (χ3v) is 10.3. The molecule has 0 aromatic heterocycles. The van der Waals surface area contributed by atoms with Gasteiger partial charge in [-0.05, 0) is 19.3 Å². The molecular weight excluding hydrogens is 434 g/mol. The van der Waals surface area contributed by atoms with Gasteiger partial charge in [0.1, 0.15) is 0 Å². The zero-order valence-electron chi connectivity index (χ0n) is 20.8. The second kappa shape index (κ2) is 20.9. The molecule has 31 heavy (non-hydrogen) atoms. The smallest absolute Gasteiger partial charge is 0.311 e. The van der Waals surface area contributed by atoms with Crippen LogP contribution in [0.1, 0.15) is 117 Å². The number of hydrogen-bond donors (Lipinski definition) is 0. The van der Waals surface area contributed by atoms with Gasteiger partial charge in [0.05, 0.1) is 19.8 Å². The van der Waals surface area contributed by atoms with Crippen molar-refractivity contribution < 1.29 is 27.2 Å². The molecule has 0 aliphatic heterocycles. The van der Waals surface area contributed by atoms with Gasteiger partial charge in [-0.15, -0.1) is 0 Å². The summed E-state index contributed by atoms with van der Waals surface area (Å²) in [6, 6.07) is 0. The van der Waals surface area contributed by atoms with Gasteiger partial charge in [0, 0.05) is 7.11 Å². The Labute approximate surface area is 192 Å². The molecule has 6 nitrogen and oxygen atoms in total.